The van der Waals surface area contributed by atoms with Crippen molar-refractivity contribution in [1.29, 1.82) is 0 Å². The van der Waals surface area contributed by atoms with E-state index in [-0.39, 0.29) is 0 Å². The van der Waals surface area contributed by atoms with E-state index >= 15 is 0 Å². The SMILES string of the molecule is COC1=CC(C)=CC(C)[CH]1. The van der Waals surface area contributed by atoms with Crippen molar-refractivity contribution < 1.29 is 4.74 Å². The average molecular weight is 137 g/mol. The van der Waals surface area contributed by atoms with Crippen molar-refractivity contribution in [2.45, 2.75) is 13.8 Å². The summed E-state index contributed by atoms with van der Waals surface area (Å²) in [5, 5.41) is 0. The fraction of sp³-hybridized carbons (Fsp3) is 0.444. The number of rotatable bonds is 1. The van der Waals surface area contributed by atoms with Gasteiger partial charge in [-0.15, -0.1) is 0 Å². The van der Waals surface area contributed by atoms with Gasteiger partial charge in [0.05, 0.1) is 7.11 Å². The Bertz CT molecular complexity index is 177. The molecular weight excluding hydrogens is 124 g/mol. The van der Waals surface area contributed by atoms with E-state index in [4.69, 9.17) is 4.74 Å². The Morgan fingerprint density at radius 3 is 2.70 bits per heavy atom. The molecule has 1 aliphatic rings. The molecule has 0 aromatic rings. The van der Waals surface area contributed by atoms with Gasteiger partial charge in [0.2, 0.25) is 0 Å². The summed E-state index contributed by atoms with van der Waals surface area (Å²) >= 11 is 0. The van der Waals surface area contributed by atoms with E-state index in [0.717, 1.165) is 5.76 Å². The maximum Gasteiger partial charge on any atom is 0.100 e. The minimum atomic E-state index is 0.514. The molecule has 0 fully saturated rings. The van der Waals surface area contributed by atoms with Gasteiger partial charge in [-0.1, -0.05) is 18.6 Å². The van der Waals surface area contributed by atoms with Crippen LogP contribution in [-0.4, -0.2) is 7.11 Å². The fourth-order valence-corrected chi connectivity index (χ4v) is 1.17. The minimum Gasteiger partial charge on any atom is -0.501 e. The molecule has 0 aromatic carbocycles. The van der Waals surface area contributed by atoms with Crippen molar-refractivity contribution in [2.24, 2.45) is 5.92 Å². The first kappa shape index (κ1) is 7.39. The second-order valence-corrected chi connectivity index (χ2v) is 2.69. The van der Waals surface area contributed by atoms with Crippen LogP contribution < -0.4 is 0 Å². The number of allylic oxidation sites excluding steroid dienone is 4. The highest BCUT2D eigenvalue weighted by Gasteiger charge is 2.08. The van der Waals surface area contributed by atoms with Gasteiger partial charge in [0.15, 0.2) is 0 Å². The zero-order chi connectivity index (χ0) is 7.56. The number of methoxy groups -OCH3 is 1. The van der Waals surface area contributed by atoms with Crippen LogP contribution in [0.25, 0.3) is 0 Å². The van der Waals surface area contributed by atoms with Crippen LogP contribution in [0.1, 0.15) is 13.8 Å². The summed E-state index contributed by atoms with van der Waals surface area (Å²) in [5.41, 5.74) is 1.28. The molecule has 55 valence electrons. The molecule has 0 saturated carbocycles. The Balaban J connectivity index is 2.70. The van der Waals surface area contributed by atoms with E-state index in [0.29, 0.717) is 5.92 Å². The molecule has 0 spiro atoms. The van der Waals surface area contributed by atoms with Crippen molar-refractivity contribution in [3.05, 3.63) is 29.9 Å². The highest BCUT2D eigenvalue weighted by molar-refractivity contribution is 5.30. The minimum absolute atomic E-state index is 0.514. The highest BCUT2D eigenvalue weighted by atomic mass is 16.5. The van der Waals surface area contributed by atoms with Crippen LogP contribution in [0.3, 0.4) is 0 Å². The largest absolute Gasteiger partial charge is 0.501 e. The summed E-state index contributed by atoms with van der Waals surface area (Å²) in [4.78, 5) is 0. The van der Waals surface area contributed by atoms with Crippen molar-refractivity contribution >= 4 is 0 Å². The molecular formula is C9H13O. The zero-order valence-corrected chi connectivity index (χ0v) is 6.72. The van der Waals surface area contributed by atoms with Crippen molar-refractivity contribution in [1.82, 2.24) is 0 Å². The first-order chi connectivity index (χ1) is 4.72. The van der Waals surface area contributed by atoms with Crippen LogP contribution in [0.15, 0.2) is 23.5 Å². The third kappa shape index (κ3) is 1.63. The van der Waals surface area contributed by atoms with E-state index < -0.39 is 0 Å². The molecule has 1 radical (unpaired) electrons. The molecule has 1 atom stereocenters. The second-order valence-electron chi connectivity index (χ2n) is 2.69. The average Bonchev–Trinajstić information content (AvgIpc) is 1.85. The molecule has 1 rings (SSSR count). The van der Waals surface area contributed by atoms with Crippen LogP contribution in [-0.2, 0) is 4.74 Å². The van der Waals surface area contributed by atoms with Gasteiger partial charge in [-0.05, 0) is 18.9 Å². The molecule has 0 amide bonds. The molecule has 0 aromatic heterocycles. The van der Waals surface area contributed by atoms with Crippen molar-refractivity contribution in [3.63, 3.8) is 0 Å². The number of ether oxygens (including phenoxy) is 1. The molecule has 0 N–H and O–H groups in total. The lowest BCUT2D eigenvalue weighted by Crippen LogP contribution is -2.02. The van der Waals surface area contributed by atoms with E-state index in [1.807, 2.05) is 6.08 Å². The second kappa shape index (κ2) is 2.91. The van der Waals surface area contributed by atoms with Gasteiger partial charge in [-0.25, -0.2) is 0 Å². The molecule has 0 heterocycles. The Kier molecular flexibility index (Phi) is 2.15. The van der Waals surface area contributed by atoms with E-state index in [2.05, 4.69) is 26.3 Å². The lowest BCUT2D eigenvalue weighted by atomic mass is 9.97. The third-order valence-corrected chi connectivity index (χ3v) is 1.56. The summed E-state index contributed by atoms with van der Waals surface area (Å²) in [6, 6.07) is 0. The molecule has 1 aliphatic carbocycles. The highest BCUT2D eigenvalue weighted by Crippen LogP contribution is 2.20. The summed E-state index contributed by atoms with van der Waals surface area (Å²) in [5.74, 6) is 1.49. The van der Waals surface area contributed by atoms with Gasteiger partial charge in [0, 0.05) is 6.42 Å². The van der Waals surface area contributed by atoms with Gasteiger partial charge in [-0.3, -0.25) is 0 Å². The van der Waals surface area contributed by atoms with Gasteiger partial charge in [-0.2, -0.15) is 0 Å². The number of hydrogen-bond acceptors (Lipinski definition) is 1. The monoisotopic (exact) mass is 137 g/mol. The van der Waals surface area contributed by atoms with Gasteiger partial charge < -0.3 is 4.74 Å². The topological polar surface area (TPSA) is 9.23 Å². The summed E-state index contributed by atoms with van der Waals surface area (Å²) < 4.78 is 5.10. The first-order valence-corrected chi connectivity index (χ1v) is 3.51. The zero-order valence-electron chi connectivity index (χ0n) is 6.72. The summed E-state index contributed by atoms with van der Waals surface area (Å²) in [6.07, 6.45) is 6.36. The predicted octanol–water partition coefficient (Wildman–Crippen LogP) is 2.32. The van der Waals surface area contributed by atoms with E-state index in [1.165, 1.54) is 5.57 Å². The molecule has 1 heteroatoms. The third-order valence-electron chi connectivity index (χ3n) is 1.56. The molecule has 1 unspecified atom stereocenters. The molecule has 0 aliphatic heterocycles. The van der Waals surface area contributed by atoms with Gasteiger partial charge >= 0.3 is 0 Å². The molecule has 1 nitrogen and oxygen atoms in total. The van der Waals surface area contributed by atoms with Crippen LogP contribution in [0.4, 0.5) is 0 Å². The lowest BCUT2D eigenvalue weighted by molar-refractivity contribution is 0.292. The van der Waals surface area contributed by atoms with Crippen LogP contribution in [0.5, 0.6) is 0 Å². The molecule has 0 saturated heterocycles. The lowest BCUT2D eigenvalue weighted by Gasteiger charge is -2.14. The Hall–Kier alpha value is -0.720. The van der Waals surface area contributed by atoms with Crippen LogP contribution >= 0.6 is 0 Å². The summed E-state index contributed by atoms with van der Waals surface area (Å²) in [7, 11) is 1.70. The Morgan fingerprint density at radius 1 is 1.50 bits per heavy atom. The first-order valence-electron chi connectivity index (χ1n) is 3.51. The standard InChI is InChI=1S/C9H13O/c1-7-4-8(2)6-9(5-7)10-3/h4-7H,1-3H3. The van der Waals surface area contributed by atoms with E-state index in [9.17, 15) is 0 Å². The Labute approximate surface area is 62.4 Å². The van der Waals surface area contributed by atoms with Crippen molar-refractivity contribution in [2.75, 3.05) is 7.11 Å². The normalized spacial score (nSPS) is 25.3. The van der Waals surface area contributed by atoms with Crippen LogP contribution in [0, 0.1) is 12.3 Å². The summed E-state index contributed by atoms with van der Waals surface area (Å²) in [6.45, 7) is 4.23. The quantitative estimate of drug-likeness (QED) is 0.539. The smallest absolute Gasteiger partial charge is 0.100 e. The maximum atomic E-state index is 5.10. The van der Waals surface area contributed by atoms with Gasteiger partial charge in [0.25, 0.3) is 0 Å². The maximum absolute atomic E-state index is 5.10. The van der Waals surface area contributed by atoms with Crippen molar-refractivity contribution in [3.8, 4) is 0 Å². The predicted molar refractivity (Wildman–Crippen MR) is 42.3 cm³/mol. The van der Waals surface area contributed by atoms with E-state index in [1.54, 1.807) is 7.11 Å². The Morgan fingerprint density at radius 2 is 2.20 bits per heavy atom. The van der Waals surface area contributed by atoms with Gasteiger partial charge in [0.1, 0.15) is 5.76 Å². The molecule has 10 heavy (non-hydrogen) atoms. The van der Waals surface area contributed by atoms with Crippen LogP contribution in [0.2, 0.25) is 0 Å². The fourth-order valence-electron chi connectivity index (χ4n) is 1.17. The molecule has 0 bridgehead atoms. The number of hydrogen-bond donors (Lipinski definition) is 0.